The van der Waals surface area contributed by atoms with Crippen molar-refractivity contribution >= 4 is 11.7 Å². The minimum absolute atomic E-state index is 0.0257. The number of aromatic nitrogens is 2. The minimum Gasteiger partial charge on any atom is -0.439 e. The Morgan fingerprint density at radius 2 is 1.73 bits per heavy atom. The number of anilines is 1. The average molecular weight is 410 g/mol. The molecule has 2 heterocycles. The number of nitrogens with zero attached hydrogens (tertiary/aromatic N) is 4. The number of aryl methyl sites for hydroxylation is 1. The Balaban J connectivity index is 1.41. The van der Waals surface area contributed by atoms with Gasteiger partial charge in [-0.05, 0) is 30.7 Å². The largest absolute Gasteiger partial charge is 0.439 e. The van der Waals surface area contributed by atoms with Crippen LogP contribution in [0.5, 0.6) is 11.6 Å². The van der Waals surface area contributed by atoms with Gasteiger partial charge in [-0.2, -0.15) is 0 Å². The van der Waals surface area contributed by atoms with Gasteiger partial charge in [-0.1, -0.05) is 18.2 Å². The van der Waals surface area contributed by atoms with Crippen molar-refractivity contribution in [1.82, 2.24) is 14.9 Å². The first-order valence-corrected chi connectivity index (χ1v) is 9.56. The zero-order valence-electron chi connectivity index (χ0n) is 16.4. The summed E-state index contributed by atoms with van der Waals surface area (Å²) in [5, 5.41) is 0. The van der Waals surface area contributed by atoms with E-state index >= 15 is 0 Å². The molecule has 8 heteroatoms. The van der Waals surface area contributed by atoms with E-state index in [4.69, 9.17) is 4.74 Å². The highest BCUT2D eigenvalue weighted by molar-refractivity contribution is 5.95. The molecular formula is C22H20F2N4O2. The maximum Gasteiger partial charge on any atom is 0.254 e. The van der Waals surface area contributed by atoms with E-state index in [-0.39, 0.29) is 17.5 Å². The Morgan fingerprint density at radius 1 is 0.967 bits per heavy atom. The van der Waals surface area contributed by atoms with Gasteiger partial charge in [0, 0.05) is 43.9 Å². The third-order valence-electron chi connectivity index (χ3n) is 5.01. The number of ether oxygens (including phenoxy) is 1. The first-order valence-electron chi connectivity index (χ1n) is 9.56. The van der Waals surface area contributed by atoms with Gasteiger partial charge in [-0.3, -0.25) is 4.79 Å². The highest BCUT2D eigenvalue weighted by Gasteiger charge is 2.24. The first kappa shape index (κ1) is 19.8. The summed E-state index contributed by atoms with van der Waals surface area (Å²) in [7, 11) is 0. The van der Waals surface area contributed by atoms with Crippen LogP contribution < -0.4 is 9.64 Å². The van der Waals surface area contributed by atoms with Crippen molar-refractivity contribution in [2.45, 2.75) is 6.92 Å². The molecule has 1 saturated heterocycles. The highest BCUT2D eigenvalue weighted by atomic mass is 19.2. The van der Waals surface area contributed by atoms with Crippen LogP contribution in [0.15, 0.2) is 54.9 Å². The third-order valence-corrected chi connectivity index (χ3v) is 5.01. The molecule has 3 aromatic rings. The molecule has 1 aromatic heterocycles. The number of benzene rings is 2. The number of hydrogen-bond acceptors (Lipinski definition) is 5. The number of rotatable bonds is 4. The molecule has 30 heavy (non-hydrogen) atoms. The van der Waals surface area contributed by atoms with Gasteiger partial charge in [0.25, 0.3) is 5.91 Å². The van der Waals surface area contributed by atoms with E-state index in [1.54, 1.807) is 6.07 Å². The van der Waals surface area contributed by atoms with E-state index in [2.05, 4.69) is 9.97 Å². The summed E-state index contributed by atoms with van der Waals surface area (Å²) < 4.78 is 32.0. The molecule has 0 saturated carbocycles. The molecule has 0 unspecified atom stereocenters. The lowest BCUT2D eigenvalue weighted by molar-refractivity contribution is 0.0745. The molecule has 1 fully saturated rings. The van der Waals surface area contributed by atoms with Crippen molar-refractivity contribution in [2.75, 3.05) is 31.1 Å². The zero-order chi connectivity index (χ0) is 21.1. The van der Waals surface area contributed by atoms with Crippen molar-refractivity contribution in [2.24, 2.45) is 0 Å². The summed E-state index contributed by atoms with van der Waals surface area (Å²) in [6.45, 7) is 4.28. The number of piperazine rings is 1. The molecule has 0 spiro atoms. The van der Waals surface area contributed by atoms with Crippen LogP contribution in [0.25, 0.3) is 0 Å². The van der Waals surface area contributed by atoms with Gasteiger partial charge in [-0.25, -0.2) is 18.7 Å². The van der Waals surface area contributed by atoms with Gasteiger partial charge >= 0.3 is 0 Å². The molecule has 0 N–H and O–H groups in total. The monoisotopic (exact) mass is 410 g/mol. The summed E-state index contributed by atoms with van der Waals surface area (Å²) in [6, 6.07) is 12.5. The normalized spacial score (nSPS) is 14.0. The van der Waals surface area contributed by atoms with E-state index < -0.39 is 11.6 Å². The van der Waals surface area contributed by atoms with E-state index in [1.165, 1.54) is 12.4 Å². The molecule has 0 bridgehead atoms. The summed E-state index contributed by atoms with van der Waals surface area (Å²) in [5.74, 6) is -0.889. The van der Waals surface area contributed by atoms with Crippen LogP contribution in [-0.4, -0.2) is 47.0 Å². The molecule has 6 nitrogen and oxygen atoms in total. The molecule has 4 rings (SSSR count). The molecular weight excluding hydrogens is 390 g/mol. The second kappa shape index (κ2) is 8.44. The molecule has 0 aliphatic carbocycles. The average Bonchev–Trinajstić information content (AvgIpc) is 2.76. The maximum atomic E-state index is 13.4. The van der Waals surface area contributed by atoms with E-state index in [1.807, 2.05) is 41.0 Å². The minimum atomic E-state index is -0.990. The fourth-order valence-electron chi connectivity index (χ4n) is 3.34. The number of carbonyl (C=O) groups excluding carboxylic acids is 1. The fraction of sp³-hybridized carbons (Fsp3) is 0.227. The Kier molecular flexibility index (Phi) is 5.56. The summed E-state index contributed by atoms with van der Waals surface area (Å²) in [6.07, 6.45) is 1.36. The first-order chi connectivity index (χ1) is 14.5. The van der Waals surface area contributed by atoms with E-state index in [9.17, 15) is 13.6 Å². The lowest BCUT2D eigenvalue weighted by Crippen LogP contribution is -2.49. The van der Waals surface area contributed by atoms with Crippen molar-refractivity contribution in [3.8, 4) is 11.6 Å². The second-order valence-corrected chi connectivity index (χ2v) is 6.99. The maximum absolute atomic E-state index is 13.4. The Hall–Kier alpha value is -3.55. The van der Waals surface area contributed by atoms with Crippen molar-refractivity contribution < 1.29 is 18.3 Å². The van der Waals surface area contributed by atoms with Crippen LogP contribution in [-0.2, 0) is 0 Å². The van der Waals surface area contributed by atoms with Gasteiger partial charge in [-0.15, -0.1) is 0 Å². The van der Waals surface area contributed by atoms with Crippen molar-refractivity contribution in [3.05, 3.63) is 77.6 Å². The topological polar surface area (TPSA) is 58.6 Å². The van der Waals surface area contributed by atoms with Crippen LogP contribution in [0.3, 0.4) is 0 Å². The molecule has 0 radical (unpaired) electrons. The number of halogens is 2. The smallest absolute Gasteiger partial charge is 0.254 e. The number of carbonyl (C=O) groups is 1. The summed E-state index contributed by atoms with van der Waals surface area (Å²) in [5.41, 5.74) is 1.68. The second-order valence-electron chi connectivity index (χ2n) is 6.99. The zero-order valence-corrected chi connectivity index (χ0v) is 16.4. The predicted molar refractivity (Wildman–Crippen MR) is 108 cm³/mol. The molecule has 1 amide bonds. The van der Waals surface area contributed by atoms with Gasteiger partial charge in [0.2, 0.25) is 5.88 Å². The van der Waals surface area contributed by atoms with Gasteiger partial charge in [0.15, 0.2) is 11.6 Å². The molecule has 1 aliphatic heterocycles. The number of amides is 1. The summed E-state index contributed by atoms with van der Waals surface area (Å²) in [4.78, 5) is 24.9. The third kappa shape index (κ3) is 4.22. The Labute approximate surface area is 172 Å². The van der Waals surface area contributed by atoms with Crippen LogP contribution in [0, 0.1) is 18.6 Å². The standard InChI is InChI=1S/C22H20F2N4O2/c1-15-4-2-3-5-17(15)22(29)28-10-8-27(9-11-28)20-13-21(26-14-25-20)30-16-6-7-18(23)19(24)12-16/h2-7,12-14H,8-11H2,1H3. The molecule has 1 aliphatic rings. The molecule has 154 valence electrons. The van der Waals surface area contributed by atoms with Crippen molar-refractivity contribution in [3.63, 3.8) is 0 Å². The van der Waals surface area contributed by atoms with Crippen LogP contribution in [0.2, 0.25) is 0 Å². The SMILES string of the molecule is Cc1ccccc1C(=O)N1CCN(c2cc(Oc3ccc(F)c(F)c3)ncn2)CC1. The predicted octanol–water partition coefficient (Wildman–Crippen LogP) is 3.82. The Morgan fingerprint density at radius 3 is 2.47 bits per heavy atom. The molecule has 0 atom stereocenters. The van der Waals surface area contributed by atoms with Gasteiger partial charge < -0.3 is 14.5 Å². The lowest BCUT2D eigenvalue weighted by atomic mass is 10.1. The lowest BCUT2D eigenvalue weighted by Gasteiger charge is -2.35. The van der Waals surface area contributed by atoms with Crippen LogP contribution >= 0.6 is 0 Å². The van der Waals surface area contributed by atoms with E-state index in [0.29, 0.717) is 32.0 Å². The highest BCUT2D eigenvalue weighted by Crippen LogP contribution is 2.24. The Bertz CT molecular complexity index is 1070. The van der Waals surface area contributed by atoms with Crippen LogP contribution in [0.4, 0.5) is 14.6 Å². The quantitative estimate of drug-likeness (QED) is 0.655. The van der Waals surface area contributed by atoms with Gasteiger partial charge in [0.1, 0.15) is 17.9 Å². The number of hydrogen-bond donors (Lipinski definition) is 0. The summed E-state index contributed by atoms with van der Waals surface area (Å²) >= 11 is 0. The van der Waals surface area contributed by atoms with Crippen LogP contribution in [0.1, 0.15) is 15.9 Å². The molecule has 2 aromatic carbocycles. The van der Waals surface area contributed by atoms with Crippen molar-refractivity contribution in [1.29, 1.82) is 0 Å². The van der Waals surface area contributed by atoms with Gasteiger partial charge in [0.05, 0.1) is 0 Å². The van der Waals surface area contributed by atoms with E-state index in [0.717, 1.165) is 23.3 Å². The fourth-order valence-corrected chi connectivity index (χ4v) is 3.34.